The molecule has 0 aromatic heterocycles. The summed E-state index contributed by atoms with van der Waals surface area (Å²) >= 11 is 6.00. The molecule has 0 saturated heterocycles. The minimum Gasteiger partial charge on any atom is -0.313 e. The standard InChI is InChI=1S/C25H27ClN2O2S/c1-2-17-27-18-19-7-9-21(10-8-19)25-16-11-20-5-3-4-6-24(20)28(25)31(29,30)23-14-12-22(26)13-15-23/h3-10,12-15,25,27H,2,11,16-18H2,1H3. The number of rotatable bonds is 7. The van der Waals surface area contributed by atoms with Gasteiger partial charge in [0.15, 0.2) is 0 Å². The van der Waals surface area contributed by atoms with E-state index in [0.717, 1.165) is 49.2 Å². The van der Waals surface area contributed by atoms with Gasteiger partial charge in [-0.25, -0.2) is 8.42 Å². The Labute approximate surface area is 189 Å². The number of sulfonamides is 1. The zero-order valence-corrected chi connectivity index (χ0v) is 19.2. The molecular formula is C25H27ClN2O2S. The molecule has 1 aliphatic heterocycles. The molecule has 6 heteroatoms. The van der Waals surface area contributed by atoms with E-state index in [1.807, 2.05) is 24.3 Å². The summed E-state index contributed by atoms with van der Waals surface area (Å²) < 4.78 is 29.1. The smallest absolute Gasteiger partial charge is 0.264 e. The Hall–Kier alpha value is -2.34. The molecule has 1 heterocycles. The zero-order chi connectivity index (χ0) is 21.8. The van der Waals surface area contributed by atoms with Crippen LogP contribution in [-0.2, 0) is 23.0 Å². The first-order valence-electron chi connectivity index (χ1n) is 10.7. The molecule has 31 heavy (non-hydrogen) atoms. The van der Waals surface area contributed by atoms with Crippen LogP contribution >= 0.6 is 11.6 Å². The van der Waals surface area contributed by atoms with Crippen molar-refractivity contribution in [2.45, 2.75) is 43.7 Å². The lowest BCUT2D eigenvalue weighted by molar-refractivity contribution is 0.557. The monoisotopic (exact) mass is 454 g/mol. The third-order valence-electron chi connectivity index (χ3n) is 5.69. The van der Waals surface area contributed by atoms with E-state index in [9.17, 15) is 8.42 Å². The minimum absolute atomic E-state index is 0.249. The van der Waals surface area contributed by atoms with E-state index in [2.05, 4.69) is 36.5 Å². The van der Waals surface area contributed by atoms with E-state index in [1.165, 1.54) is 5.56 Å². The van der Waals surface area contributed by atoms with Crippen LogP contribution in [0.2, 0.25) is 5.02 Å². The molecule has 162 valence electrons. The van der Waals surface area contributed by atoms with Gasteiger partial charge >= 0.3 is 0 Å². The van der Waals surface area contributed by atoms with E-state index in [1.54, 1.807) is 28.6 Å². The molecule has 4 nitrogen and oxygen atoms in total. The summed E-state index contributed by atoms with van der Waals surface area (Å²) in [5.74, 6) is 0. The number of para-hydroxylation sites is 1. The number of nitrogens with zero attached hydrogens (tertiary/aromatic N) is 1. The van der Waals surface area contributed by atoms with Gasteiger partial charge in [0.2, 0.25) is 0 Å². The maximum Gasteiger partial charge on any atom is 0.264 e. The average molecular weight is 455 g/mol. The topological polar surface area (TPSA) is 49.4 Å². The van der Waals surface area contributed by atoms with Crippen molar-refractivity contribution in [2.75, 3.05) is 10.8 Å². The Morgan fingerprint density at radius 1 is 1.00 bits per heavy atom. The number of hydrogen-bond acceptors (Lipinski definition) is 3. The average Bonchev–Trinajstić information content (AvgIpc) is 2.79. The lowest BCUT2D eigenvalue weighted by Crippen LogP contribution is -2.38. The molecule has 0 saturated carbocycles. The van der Waals surface area contributed by atoms with Gasteiger partial charge in [0, 0.05) is 11.6 Å². The third-order valence-corrected chi connectivity index (χ3v) is 7.78. The third kappa shape index (κ3) is 4.64. The van der Waals surface area contributed by atoms with Gasteiger partial charge in [-0.1, -0.05) is 61.0 Å². The molecule has 1 atom stereocenters. The Bertz CT molecular complexity index is 1130. The molecule has 4 rings (SSSR count). The number of benzene rings is 3. The van der Waals surface area contributed by atoms with Crippen LogP contribution in [0, 0.1) is 0 Å². The highest BCUT2D eigenvalue weighted by Crippen LogP contribution is 2.42. The summed E-state index contributed by atoms with van der Waals surface area (Å²) in [5.41, 5.74) is 4.01. The van der Waals surface area contributed by atoms with Crippen LogP contribution in [0.15, 0.2) is 77.7 Å². The van der Waals surface area contributed by atoms with Crippen molar-refractivity contribution < 1.29 is 8.42 Å². The van der Waals surface area contributed by atoms with Crippen LogP contribution < -0.4 is 9.62 Å². The zero-order valence-electron chi connectivity index (χ0n) is 17.6. The molecule has 1 N–H and O–H groups in total. The normalized spacial score (nSPS) is 16.2. The van der Waals surface area contributed by atoms with Crippen LogP contribution in [0.5, 0.6) is 0 Å². The van der Waals surface area contributed by atoms with Gasteiger partial charge in [0.1, 0.15) is 0 Å². The van der Waals surface area contributed by atoms with E-state index >= 15 is 0 Å². The fourth-order valence-electron chi connectivity index (χ4n) is 4.10. The number of fused-ring (bicyclic) bond motifs is 1. The van der Waals surface area contributed by atoms with Crippen LogP contribution in [0.1, 0.15) is 42.5 Å². The van der Waals surface area contributed by atoms with E-state index in [0.29, 0.717) is 5.02 Å². The predicted molar refractivity (Wildman–Crippen MR) is 127 cm³/mol. The first-order chi connectivity index (χ1) is 15.0. The molecule has 0 aliphatic carbocycles. The van der Waals surface area contributed by atoms with Gasteiger partial charge in [-0.3, -0.25) is 4.31 Å². The number of anilines is 1. The number of hydrogen-bond donors (Lipinski definition) is 1. The molecule has 3 aromatic rings. The maximum absolute atomic E-state index is 13.8. The van der Waals surface area contributed by atoms with Gasteiger partial charge in [0.05, 0.1) is 16.6 Å². The Morgan fingerprint density at radius 3 is 2.42 bits per heavy atom. The van der Waals surface area contributed by atoms with Crippen molar-refractivity contribution in [1.82, 2.24) is 5.32 Å². The van der Waals surface area contributed by atoms with Crippen LogP contribution in [-0.4, -0.2) is 15.0 Å². The number of aryl methyl sites for hydroxylation is 1. The lowest BCUT2D eigenvalue weighted by Gasteiger charge is -2.38. The molecule has 3 aromatic carbocycles. The van der Waals surface area contributed by atoms with Crippen molar-refractivity contribution in [3.05, 3.63) is 94.5 Å². The number of nitrogens with one attached hydrogen (secondary N) is 1. The first-order valence-corrected chi connectivity index (χ1v) is 12.5. The highest BCUT2D eigenvalue weighted by Gasteiger charge is 2.36. The Kier molecular flexibility index (Phi) is 6.65. The molecule has 0 fully saturated rings. The van der Waals surface area contributed by atoms with E-state index < -0.39 is 10.0 Å². The summed E-state index contributed by atoms with van der Waals surface area (Å²) in [6.07, 6.45) is 2.67. The van der Waals surface area contributed by atoms with Gasteiger partial charge in [0.25, 0.3) is 10.0 Å². The second kappa shape index (κ2) is 9.43. The van der Waals surface area contributed by atoms with Gasteiger partial charge in [-0.05, 0) is 72.8 Å². The number of halogens is 1. The quantitative estimate of drug-likeness (QED) is 0.464. The van der Waals surface area contributed by atoms with Gasteiger partial charge < -0.3 is 5.32 Å². The van der Waals surface area contributed by atoms with Crippen molar-refractivity contribution >= 4 is 27.3 Å². The highest BCUT2D eigenvalue weighted by atomic mass is 35.5. The lowest BCUT2D eigenvalue weighted by atomic mass is 9.93. The summed E-state index contributed by atoms with van der Waals surface area (Å²) in [6, 6.07) is 22.2. The summed E-state index contributed by atoms with van der Waals surface area (Å²) in [7, 11) is -3.75. The maximum atomic E-state index is 13.8. The molecule has 0 spiro atoms. The second-order valence-electron chi connectivity index (χ2n) is 7.86. The molecule has 1 aliphatic rings. The van der Waals surface area contributed by atoms with Crippen molar-refractivity contribution in [2.24, 2.45) is 0 Å². The largest absolute Gasteiger partial charge is 0.313 e. The van der Waals surface area contributed by atoms with Crippen LogP contribution in [0.3, 0.4) is 0 Å². The van der Waals surface area contributed by atoms with E-state index in [-0.39, 0.29) is 10.9 Å². The highest BCUT2D eigenvalue weighted by molar-refractivity contribution is 7.92. The van der Waals surface area contributed by atoms with Gasteiger partial charge in [-0.2, -0.15) is 0 Å². The fourth-order valence-corrected chi connectivity index (χ4v) is 5.93. The Balaban J connectivity index is 1.72. The molecule has 0 radical (unpaired) electrons. The summed E-state index contributed by atoms with van der Waals surface area (Å²) in [5, 5.41) is 3.92. The Morgan fingerprint density at radius 2 is 1.71 bits per heavy atom. The summed E-state index contributed by atoms with van der Waals surface area (Å²) in [4.78, 5) is 0.249. The van der Waals surface area contributed by atoms with E-state index in [4.69, 9.17) is 11.6 Å². The molecule has 1 unspecified atom stereocenters. The predicted octanol–water partition coefficient (Wildman–Crippen LogP) is 5.72. The fraction of sp³-hybridized carbons (Fsp3) is 0.280. The summed E-state index contributed by atoms with van der Waals surface area (Å²) in [6.45, 7) is 3.94. The minimum atomic E-state index is -3.75. The molecular weight excluding hydrogens is 428 g/mol. The first kappa shape index (κ1) is 21.9. The SMILES string of the molecule is CCCNCc1ccc(C2CCc3ccccc3N2S(=O)(=O)c2ccc(Cl)cc2)cc1. The van der Waals surface area contributed by atoms with Gasteiger partial charge in [-0.15, -0.1) is 0 Å². The van der Waals surface area contributed by atoms with Crippen LogP contribution in [0.4, 0.5) is 5.69 Å². The van der Waals surface area contributed by atoms with Crippen molar-refractivity contribution in [3.63, 3.8) is 0 Å². The molecule has 0 bridgehead atoms. The van der Waals surface area contributed by atoms with Crippen molar-refractivity contribution in [1.29, 1.82) is 0 Å². The van der Waals surface area contributed by atoms with Crippen LogP contribution in [0.25, 0.3) is 0 Å². The van der Waals surface area contributed by atoms with Crippen molar-refractivity contribution in [3.8, 4) is 0 Å². The second-order valence-corrected chi connectivity index (χ2v) is 10.1. The molecule has 0 amide bonds.